The third kappa shape index (κ3) is 5.32. The largest absolute Gasteiger partial charge is 0.345 e. The number of rotatable bonds is 8. The van der Waals surface area contributed by atoms with Crippen LogP contribution in [0, 0.1) is 12.5 Å². The maximum Gasteiger partial charge on any atom is 0.301 e. The third-order valence-electron chi connectivity index (χ3n) is 9.83. The van der Waals surface area contributed by atoms with Crippen molar-refractivity contribution >= 4 is 17.7 Å². The van der Waals surface area contributed by atoms with Gasteiger partial charge < -0.3 is 15.1 Å². The van der Waals surface area contributed by atoms with Crippen molar-refractivity contribution in [1.29, 1.82) is 0 Å². The average Bonchev–Trinajstić information content (AvgIpc) is 3.53. The number of piperidine rings is 1. The van der Waals surface area contributed by atoms with Gasteiger partial charge in [-0.2, -0.15) is 0 Å². The molecule has 3 aromatic rings. The van der Waals surface area contributed by atoms with E-state index in [1.54, 1.807) is 47.6 Å². The lowest BCUT2D eigenvalue weighted by Crippen LogP contribution is -2.46. The number of aromatic nitrogens is 4. The molecule has 1 aliphatic heterocycles. The van der Waals surface area contributed by atoms with Crippen molar-refractivity contribution in [2.45, 2.75) is 62.7 Å². The standard InChI is InChI=1S/C34H41N9O3/c1-20(36-19-30(44)43-28-16-25(28)17-29(43)35-2)18-34(33-37-38-39-42(33)7)26-12-10-23(31(45)40(3)4)14-21(26)8-9-22-15-24(11-13-27(22)34)32(46)41(5)6/h10-15,20,25,28-29,36H,8-9,16-19H2,1,3-7H3/t20-,25+,28+,29+/m1/s1. The first-order chi connectivity index (χ1) is 22.0. The Morgan fingerprint density at radius 3 is 2.09 bits per heavy atom. The Morgan fingerprint density at radius 2 is 1.59 bits per heavy atom. The number of carbonyl (C=O) groups excluding carboxylic acids is 3. The molecule has 46 heavy (non-hydrogen) atoms. The Balaban J connectivity index is 1.44. The Morgan fingerprint density at radius 1 is 1.00 bits per heavy atom. The first kappa shape index (κ1) is 31.4. The predicted octanol–water partition coefficient (Wildman–Crippen LogP) is 2.28. The molecule has 3 aliphatic rings. The summed E-state index contributed by atoms with van der Waals surface area (Å²) in [4.78, 5) is 48.1. The highest BCUT2D eigenvalue weighted by Crippen LogP contribution is 2.49. The Kier molecular flexibility index (Phi) is 8.14. The molecule has 1 saturated carbocycles. The van der Waals surface area contributed by atoms with Gasteiger partial charge in [0.1, 0.15) is 0 Å². The SMILES string of the molecule is [C-]#[N+][C@@H]1C[C@@H]2C[C@@H]2N1C(=O)CN[C@H](C)CC1(c2nnnn2C)c2ccc(C(=O)N(C)C)cc2CCc2cc(C(=O)N(C)C)ccc21. The number of carbonyl (C=O) groups is 3. The minimum absolute atomic E-state index is 0.0485. The van der Waals surface area contributed by atoms with Gasteiger partial charge in [0.05, 0.1) is 12.0 Å². The van der Waals surface area contributed by atoms with Gasteiger partial charge in [0.15, 0.2) is 5.82 Å². The van der Waals surface area contributed by atoms with Gasteiger partial charge in [0.2, 0.25) is 5.91 Å². The summed E-state index contributed by atoms with van der Waals surface area (Å²) in [5, 5.41) is 16.4. The highest BCUT2D eigenvalue weighted by Gasteiger charge is 2.57. The molecule has 2 aromatic carbocycles. The van der Waals surface area contributed by atoms with Crippen molar-refractivity contribution in [2.75, 3.05) is 34.7 Å². The summed E-state index contributed by atoms with van der Waals surface area (Å²) < 4.78 is 1.69. The number of nitrogens with zero attached hydrogens (tertiary/aromatic N) is 8. The third-order valence-corrected chi connectivity index (χ3v) is 9.83. The number of aryl methyl sites for hydroxylation is 3. The van der Waals surface area contributed by atoms with Crippen LogP contribution in [-0.4, -0.2) is 106 Å². The van der Waals surface area contributed by atoms with Crippen LogP contribution in [0.1, 0.15) is 75.0 Å². The predicted molar refractivity (Wildman–Crippen MR) is 171 cm³/mol. The van der Waals surface area contributed by atoms with Crippen LogP contribution >= 0.6 is 0 Å². The molecule has 0 unspecified atom stereocenters. The molecule has 12 nitrogen and oxygen atoms in total. The Bertz CT molecular complexity index is 1670. The molecule has 2 aliphatic carbocycles. The second-order valence-electron chi connectivity index (χ2n) is 13.4. The number of likely N-dealkylation sites (tertiary alicyclic amines) is 1. The fourth-order valence-electron chi connectivity index (χ4n) is 7.56. The van der Waals surface area contributed by atoms with Crippen molar-refractivity contribution in [3.8, 4) is 0 Å². The second kappa shape index (κ2) is 11.9. The summed E-state index contributed by atoms with van der Waals surface area (Å²) in [5.41, 5.74) is 4.30. The molecule has 2 fully saturated rings. The van der Waals surface area contributed by atoms with E-state index in [0.29, 0.717) is 42.1 Å². The summed E-state index contributed by atoms with van der Waals surface area (Å²) in [6.45, 7) is 9.75. The van der Waals surface area contributed by atoms with E-state index in [1.807, 2.05) is 50.4 Å². The topological polar surface area (TPSA) is 121 Å². The van der Waals surface area contributed by atoms with Crippen LogP contribution in [0.15, 0.2) is 36.4 Å². The lowest BCUT2D eigenvalue weighted by molar-refractivity contribution is -0.131. The van der Waals surface area contributed by atoms with E-state index in [-0.39, 0.29) is 42.5 Å². The maximum atomic E-state index is 13.4. The number of nitrogens with one attached hydrogen (secondary N) is 1. The van der Waals surface area contributed by atoms with Gasteiger partial charge in [0, 0.05) is 64.9 Å². The smallest absolute Gasteiger partial charge is 0.301 e. The zero-order valence-corrected chi connectivity index (χ0v) is 27.3. The molecular weight excluding hydrogens is 582 g/mol. The first-order valence-corrected chi connectivity index (χ1v) is 15.8. The molecule has 0 spiro atoms. The van der Waals surface area contributed by atoms with Crippen LogP contribution in [0.5, 0.6) is 0 Å². The summed E-state index contributed by atoms with van der Waals surface area (Å²) in [6.07, 6.45) is 3.18. The van der Waals surface area contributed by atoms with Crippen LogP contribution < -0.4 is 5.32 Å². The Hall–Kier alpha value is -4.63. The number of tetrazole rings is 1. The summed E-state index contributed by atoms with van der Waals surface area (Å²) in [5.74, 6) is 0.872. The molecule has 6 rings (SSSR count). The van der Waals surface area contributed by atoms with Crippen LogP contribution in [-0.2, 0) is 30.1 Å². The molecule has 2 heterocycles. The van der Waals surface area contributed by atoms with Crippen LogP contribution in [0.25, 0.3) is 4.85 Å². The summed E-state index contributed by atoms with van der Waals surface area (Å²) in [7, 11) is 8.78. The van der Waals surface area contributed by atoms with E-state index in [2.05, 4.69) is 25.7 Å². The van der Waals surface area contributed by atoms with Gasteiger partial charge >= 0.3 is 6.17 Å². The van der Waals surface area contributed by atoms with Gasteiger partial charge in [-0.1, -0.05) is 12.1 Å². The lowest BCUT2D eigenvalue weighted by atomic mass is 9.67. The molecule has 240 valence electrons. The molecule has 1 aromatic heterocycles. The number of hydrogen-bond acceptors (Lipinski definition) is 7. The van der Waals surface area contributed by atoms with E-state index in [0.717, 1.165) is 35.1 Å². The van der Waals surface area contributed by atoms with Gasteiger partial charge in [-0.05, 0) is 95.5 Å². The van der Waals surface area contributed by atoms with Crippen LogP contribution in [0.4, 0.5) is 0 Å². The quantitative estimate of drug-likeness (QED) is 0.383. The number of benzene rings is 2. The van der Waals surface area contributed by atoms with Gasteiger partial charge in [-0.3, -0.25) is 24.1 Å². The van der Waals surface area contributed by atoms with Crippen molar-refractivity contribution in [3.05, 3.63) is 87.0 Å². The Labute approximate surface area is 269 Å². The van der Waals surface area contributed by atoms with E-state index in [9.17, 15) is 14.4 Å². The monoisotopic (exact) mass is 623 g/mol. The normalized spacial score (nSPS) is 21.2. The maximum absolute atomic E-state index is 13.4. The summed E-state index contributed by atoms with van der Waals surface area (Å²) in [6, 6.07) is 11.7. The van der Waals surface area contributed by atoms with E-state index < -0.39 is 5.41 Å². The van der Waals surface area contributed by atoms with Crippen LogP contribution in [0.3, 0.4) is 0 Å². The summed E-state index contributed by atoms with van der Waals surface area (Å²) >= 11 is 0. The molecule has 0 radical (unpaired) electrons. The molecule has 3 amide bonds. The van der Waals surface area contributed by atoms with Crippen molar-refractivity contribution in [3.63, 3.8) is 0 Å². The number of amides is 3. The van der Waals surface area contributed by atoms with Gasteiger partial charge in [-0.25, -0.2) is 11.3 Å². The fourth-order valence-corrected chi connectivity index (χ4v) is 7.56. The molecule has 0 bridgehead atoms. The number of fused-ring (bicyclic) bond motifs is 3. The fraction of sp³-hybridized carbons (Fsp3) is 0.500. The van der Waals surface area contributed by atoms with Crippen molar-refractivity contribution in [1.82, 2.24) is 40.2 Å². The minimum Gasteiger partial charge on any atom is -0.345 e. The number of hydrogen-bond donors (Lipinski definition) is 1. The molecule has 1 N–H and O–H groups in total. The molecular formula is C34H41N9O3. The van der Waals surface area contributed by atoms with E-state index in [4.69, 9.17) is 6.57 Å². The average molecular weight is 624 g/mol. The lowest BCUT2D eigenvalue weighted by Gasteiger charge is -2.37. The van der Waals surface area contributed by atoms with E-state index in [1.165, 1.54) is 0 Å². The van der Waals surface area contributed by atoms with Gasteiger partial charge in [-0.15, -0.1) is 5.10 Å². The van der Waals surface area contributed by atoms with Crippen LogP contribution in [0.2, 0.25) is 0 Å². The van der Waals surface area contributed by atoms with E-state index >= 15 is 0 Å². The highest BCUT2D eigenvalue weighted by molar-refractivity contribution is 5.95. The molecule has 4 atom stereocenters. The van der Waals surface area contributed by atoms with Gasteiger partial charge in [0.25, 0.3) is 11.8 Å². The second-order valence-corrected chi connectivity index (χ2v) is 13.4. The molecule has 12 heteroatoms. The van der Waals surface area contributed by atoms with Crippen molar-refractivity contribution < 1.29 is 14.4 Å². The van der Waals surface area contributed by atoms with Crippen molar-refractivity contribution in [2.24, 2.45) is 13.0 Å². The minimum atomic E-state index is -0.872. The first-order valence-electron chi connectivity index (χ1n) is 15.8. The highest BCUT2D eigenvalue weighted by atomic mass is 16.2. The zero-order chi connectivity index (χ0) is 32.9. The molecule has 1 saturated heterocycles. The zero-order valence-electron chi connectivity index (χ0n) is 27.3.